The Morgan fingerprint density at radius 1 is 1.59 bits per heavy atom. The Labute approximate surface area is 107 Å². The van der Waals surface area contributed by atoms with Gasteiger partial charge in [0, 0.05) is 19.3 Å². The number of nitrogen functional groups attached to an aromatic ring is 1. The molecule has 1 amide bonds. The molecule has 0 spiro atoms. The third-order valence-corrected chi connectivity index (χ3v) is 3.67. The summed E-state index contributed by atoms with van der Waals surface area (Å²) in [5.74, 6) is 1.36. The number of benzene rings is 1. The quantitative estimate of drug-likeness (QED) is 0.841. The summed E-state index contributed by atoms with van der Waals surface area (Å²) in [7, 11) is 1.82. The highest BCUT2D eigenvalue weighted by atomic mass is 35.5. The Bertz CT molecular complexity index is 447. The molecule has 92 valence electrons. The molecule has 2 rings (SSSR count). The number of nitrogens with two attached hydrogens (primary N) is 1. The molecule has 0 bridgehead atoms. The van der Waals surface area contributed by atoms with Crippen LogP contribution in [0, 0.1) is 11.8 Å². The molecule has 1 aromatic carbocycles. The van der Waals surface area contributed by atoms with Crippen LogP contribution in [0.3, 0.4) is 0 Å². The predicted molar refractivity (Wildman–Crippen MR) is 70.1 cm³/mol. The van der Waals surface area contributed by atoms with Gasteiger partial charge in [0.15, 0.2) is 0 Å². The number of halogens is 1. The molecular weight excluding hydrogens is 236 g/mol. The Morgan fingerprint density at radius 3 is 2.76 bits per heavy atom. The van der Waals surface area contributed by atoms with Crippen molar-refractivity contribution in [1.29, 1.82) is 0 Å². The molecule has 2 N–H and O–H groups in total. The maximum Gasteiger partial charge on any atom is 0.255 e. The van der Waals surface area contributed by atoms with Crippen LogP contribution in [0.25, 0.3) is 0 Å². The molecule has 0 aliphatic heterocycles. The van der Waals surface area contributed by atoms with Gasteiger partial charge < -0.3 is 10.6 Å². The van der Waals surface area contributed by atoms with E-state index in [1.807, 2.05) is 7.05 Å². The second-order valence-electron chi connectivity index (χ2n) is 4.90. The van der Waals surface area contributed by atoms with Gasteiger partial charge in [-0.2, -0.15) is 0 Å². The van der Waals surface area contributed by atoms with Gasteiger partial charge in [-0.15, -0.1) is 0 Å². The summed E-state index contributed by atoms with van der Waals surface area (Å²) in [6.07, 6.45) is 1.22. The lowest BCUT2D eigenvalue weighted by atomic mass is 10.1. The number of amides is 1. The van der Waals surface area contributed by atoms with Crippen molar-refractivity contribution in [3.8, 4) is 0 Å². The topological polar surface area (TPSA) is 46.3 Å². The van der Waals surface area contributed by atoms with Crippen molar-refractivity contribution in [2.75, 3.05) is 19.3 Å². The highest BCUT2D eigenvalue weighted by Gasteiger charge is 2.34. The van der Waals surface area contributed by atoms with Gasteiger partial charge >= 0.3 is 0 Å². The van der Waals surface area contributed by atoms with Crippen molar-refractivity contribution in [2.45, 2.75) is 13.3 Å². The van der Waals surface area contributed by atoms with Crippen LogP contribution in [0.2, 0.25) is 5.02 Å². The van der Waals surface area contributed by atoms with Crippen LogP contribution in [-0.4, -0.2) is 24.4 Å². The fraction of sp³-hybridized carbons (Fsp3) is 0.462. The zero-order chi connectivity index (χ0) is 12.6. The summed E-state index contributed by atoms with van der Waals surface area (Å²) < 4.78 is 0. The molecule has 1 aromatic rings. The fourth-order valence-electron chi connectivity index (χ4n) is 2.00. The van der Waals surface area contributed by atoms with E-state index < -0.39 is 0 Å². The molecule has 1 fully saturated rings. The molecule has 17 heavy (non-hydrogen) atoms. The summed E-state index contributed by atoms with van der Waals surface area (Å²) >= 11 is 6.02. The largest absolute Gasteiger partial charge is 0.399 e. The van der Waals surface area contributed by atoms with Crippen molar-refractivity contribution in [3.05, 3.63) is 28.8 Å². The average molecular weight is 253 g/mol. The van der Waals surface area contributed by atoms with Crippen LogP contribution in [0.5, 0.6) is 0 Å². The SMILES string of the molecule is CC1CC1CN(C)C(=O)c1ccc(N)cc1Cl. The first-order chi connectivity index (χ1) is 7.99. The molecule has 1 aliphatic rings. The van der Waals surface area contributed by atoms with Crippen LogP contribution in [0.15, 0.2) is 18.2 Å². The molecule has 0 heterocycles. The second kappa shape index (κ2) is 4.57. The number of hydrogen-bond donors (Lipinski definition) is 1. The Morgan fingerprint density at radius 2 is 2.24 bits per heavy atom. The van der Waals surface area contributed by atoms with Gasteiger partial charge in [-0.25, -0.2) is 0 Å². The van der Waals surface area contributed by atoms with Gasteiger partial charge in [0.1, 0.15) is 0 Å². The van der Waals surface area contributed by atoms with Crippen molar-refractivity contribution >= 4 is 23.2 Å². The normalized spacial score (nSPS) is 22.3. The molecule has 3 nitrogen and oxygen atoms in total. The Hall–Kier alpha value is -1.22. The summed E-state index contributed by atoms with van der Waals surface area (Å²) in [6, 6.07) is 5.00. The molecule has 2 atom stereocenters. The minimum absolute atomic E-state index is 0.0332. The summed E-state index contributed by atoms with van der Waals surface area (Å²) in [5, 5.41) is 0.422. The van der Waals surface area contributed by atoms with Crippen molar-refractivity contribution in [1.82, 2.24) is 4.90 Å². The van der Waals surface area contributed by atoms with E-state index in [-0.39, 0.29) is 5.91 Å². The molecule has 1 aliphatic carbocycles. The van der Waals surface area contributed by atoms with Crippen molar-refractivity contribution in [2.24, 2.45) is 11.8 Å². The number of carbonyl (C=O) groups is 1. The molecule has 4 heteroatoms. The zero-order valence-electron chi connectivity index (χ0n) is 10.1. The minimum Gasteiger partial charge on any atom is -0.399 e. The molecule has 0 radical (unpaired) electrons. The van der Waals surface area contributed by atoms with Gasteiger partial charge in [0.05, 0.1) is 10.6 Å². The number of rotatable bonds is 3. The van der Waals surface area contributed by atoms with Crippen LogP contribution in [0.1, 0.15) is 23.7 Å². The van der Waals surface area contributed by atoms with Gasteiger partial charge in [-0.3, -0.25) is 4.79 Å². The highest BCUT2D eigenvalue weighted by Crippen LogP contribution is 2.38. The monoisotopic (exact) mass is 252 g/mol. The lowest BCUT2D eigenvalue weighted by Gasteiger charge is -2.18. The molecule has 2 unspecified atom stereocenters. The second-order valence-corrected chi connectivity index (χ2v) is 5.31. The number of anilines is 1. The fourth-order valence-corrected chi connectivity index (χ4v) is 2.27. The maximum atomic E-state index is 12.1. The molecule has 0 saturated heterocycles. The van der Waals surface area contributed by atoms with Crippen LogP contribution in [-0.2, 0) is 0 Å². The standard InChI is InChI=1S/C13H17ClN2O/c1-8-5-9(8)7-16(2)13(17)11-4-3-10(15)6-12(11)14/h3-4,6,8-9H,5,7,15H2,1-2H3. The number of nitrogens with zero attached hydrogens (tertiary/aromatic N) is 1. The zero-order valence-corrected chi connectivity index (χ0v) is 10.9. The first-order valence-corrected chi connectivity index (χ1v) is 6.17. The maximum absolute atomic E-state index is 12.1. The van der Waals surface area contributed by atoms with E-state index in [1.165, 1.54) is 6.42 Å². The first kappa shape index (κ1) is 12.2. The lowest BCUT2D eigenvalue weighted by molar-refractivity contribution is 0.0787. The van der Waals surface area contributed by atoms with Gasteiger partial charge in [-0.1, -0.05) is 18.5 Å². The van der Waals surface area contributed by atoms with Gasteiger partial charge in [-0.05, 0) is 36.5 Å². The van der Waals surface area contributed by atoms with E-state index in [0.29, 0.717) is 22.2 Å². The lowest BCUT2D eigenvalue weighted by Crippen LogP contribution is -2.29. The number of carbonyl (C=O) groups excluding carboxylic acids is 1. The van der Waals surface area contributed by atoms with Gasteiger partial charge in [0.2, 0.25) is 0 Å². The minimum atomic E-state index is -0.0332. The van der Waals surface area contributed by atoms with E-state index >= 15 is 0 Å². The smallest absolute Gasteiger partial charge is 0.255 e. The Balaban J connectivity index is 2.07. The van der Waals surface area contributed by atoms with Gasteiger partial charge in [0.25, 0.3) is 5.91 Å². The van der Waals surface area contributed by atoms with E-state index in [0.717, 1.165) is 12.5 Å². The first-order valence-electron chi connectivity index (χ1n) is 5.79. The predicted octanol–water partition coefficient (Wildman–Crippen LogP) is 2.65. The van der Waals surface area contributed by atoms with Crippen molar-refractivity contribution in [3.63, 3.8) is 0 Å². The third-order valence-electron chi connectivity index (χ3n) is 3.35. The van der Waals surface area contributed by atoms with E-state index in [4.69, 9.17) is 17.3 Å². The average Bonchev–Trinajstić information content (AvgIpc) is 2.93. The van der Waals surface area contributed by atoms with E-state index in [2.05, 4.69) is 6.92 Å². The van der Waals surface area contributed by atoms with E-state index in [1.54, 1.807) is 23.1 Å². The van der Waals surface area contributed by atoms with E-state index in [9.17, 15) is 4.79 Å². The third kappa shape index (κ3) is 2.72. The van der Waals surface area contributed by atoms with Crippen LogP contribution < -0.4 is 5.73 Å². The molecule has 0 aromatic heterocycles. The summed E-state index contributed by atoms with van der Waals surface area (Å²) in [4.78, 5) is 13.9. The highest BCUT2D eigenvalue weighted by molar-refractivity contribution is 6.34. The molecular formula is C13H17ClN2O. The van der Waals surface area contributed by atoms with Crippen LogP contribution in [0.4, 0.5) is 5.69 Å². The van der Waals surface area contributed by atoms with Crippen molar-refractivity contribution < 1.29 is 4.79 Å². The van der Waals surface area contributed by atoms with Crippen LogP contribution >= 0.6 is 11.6 Å². The molecule has 1 saturated carbocycles. The summed E-state index contributed by atoms with van der Waals surface area (Å²) in [6.45, 7) is 3.01. The number of hydrogen-bond acceptors (Lipinski definition) is 2. The summed E-state index contributed by atoms with van der Waals surface area (Å²) in [5.41, 5.74) is 6.70. The Kier molecular flexibility index (Phi) is 3.29.